The molecule has 4 rings (SSSR count). The molecule has 1 atom stereocenters. The van der Waals surface area contributed by atoms with E-state index in [2.05, 4.69) is 15.0 Å². The fourth-order valence-corrected chi connectivity index (χ4v) is 4.51. The molecule has 3 aromatic rings. The van der Waals surface area contributed by atoms with E-state index in [-0.39, 0.29) is 22.6 Å². The molecule has 186 valence electrons. The SMILES string of the molecule is COc1cc(C)cc(C)c1-c1nc2nc([C@@H]3CCCN(C(=O)OC(C)(C)C)C3)[nH]c(=O)c2cc1F. The zero-order valence-corrected chi connectivity index (χ0v) is 21.0. The van der Waals surface area contributed by atoms with Gasteiger partial charge in [-0.25, -0.2) is 19.2 Å². The van der Waals surface area contributed by atoms with Crippen LogP contribution in [0.4, 0.5) is 9.18 Å². The summed E-state index contributed by atoms with van der Waals surface area (Å²) in [5.74, 6) is 0.0999. The predicted octanol–water partition coefficient (Wildman–Crippen LogP) is 4.86. The molecular formula is C26H31FN4O4. The molecule has 1 N–H and O–H groups in total. The molecule has 1 aliphatic rings. The largest absolute Gasteiger partial charge is 0.496 e. The zero-order chi connectivity index (χ0) is 25.5. The average Bonchev–Trinajstić information content (AvgIpc) is 2.78. The van der Waals surface area contributed by atoms with Crippen molar-refractivity contribution < 1.29 is 18.7 Å². The number of ether oxygens (including phenoxy) is 2. The van der Waals surface area contributed by atoms with E-state index in [1.807, 2.05) is 46.8 Å². The lowest BCUT2D eigenvalue weighted by Crippen LogP contribution is -2.42. The Morgan fingerprint density at radius 1 is 1.20 bits per heavy atom. The number of halogens is 1. The van der Waals surface area contributed by atoms with Crippen LogP contribution in [0.3, 0.4) is 0 Å². The van der Waals surface area contributed by atoms with Gasteiger partial charge in [-0.3, -0.25) is 4.79 Å². The number of piperidine rings is 1. The van der Waals surface area contributed by atoms with Gasteiger partial charge in [-0.2, -0.15) is 0 Å². The molecule has 1 aliphatic heterocycles. The van der Waals surface area contributed by atoms with Crippen molar-refractivity contribution >= 4 is 17.1 Å². The zero-order valence-electron chi connectivity index (χ0n) is 21.0. The molecule has 1 saturated heterocycles. The summed E-state index contributed by atoms with van der Waals surface area (Å²) in [6.07, 6.45) is 1.09. The highest BCUT2D eigenvalue weighted by Gasteiger charge is 2.30. The van der Waals surface area contributed by atoms with E-state index in [0.29, 0.717) is 30.2 Å². The van der Waals surface area contributed by atoms with Gasteiger partial charge in [0.25, 0.3) is 5.56 Å². The third-order valence-electron chi connectivity index (χ3n) is 6.03. The number of rotatable bonds is 3. The Labute approximate surface area is 203 Å². The van der Waals surface area contributed by atoms with Gasteiger partial charge in [-0.1, -0.05) is 6.07 Å². The first-order valence-corrected chi connectivity index (χ1v) is 11.7. The van der Waals surface area contributed by atoms with Crippen LogP contribution in [-0.2, 0) is 4.74 Å². The Bertz CT molecular complexity index is 1350. The molecule has 1 amide bonds. The van der Waals surface area contributed by atoms with E-state index in [4.69, 9.17) is 9.47 Å². The van der Waals surface area contributed by atoms with Crippen LogP contribution in [0.1, 0.15) is 56.5 Å². The van der Waals surface area contributed by atoms with Gasteiger partial charge in [0.15, 0.2) is 11.5 Å². The molecule has 0 unspecified atom stereocenters. The van der Waals surface area contributed by atoms with Crippen LogP contribution in [0.5, 0.6) is 5.75 Å². The molecule has 35 heavy (non-hydrogen) atoms. The topological polar surface area (TPSA) is 97.4 Å². The Kier molecular flexibility index (Phi) is 6.53. The number of H-pyrrole nitrogens is 1. The number of pyridine rings is 1. The van der Waals surface area contributed by atoms with Crippen molar-refractivity contribution in [1.29, 1.82) is 0 Å². The Balaban J connectivity index is 1.74. The van der Waals surface area contributed by atoms with Crippen LogP contribution in [0.2, 0.25) is 0 Å². The summed E-state index contributed by atoms with van der Waals surface area (Å²) >= 11 is 0. The van der Waals surface area contributed by atoms with Crippen molar-refractivity contribution in [2.45, 2.75) is 59.0 Å². The third kappa shape index (κ3) is 5.13. The molecule has 9 heteroatoms. The smallest absolute Gasteiger partial charge is 0.410 e. The quantitative estimate of drug-likeness (QED) is 0.572. The summed E-state index contributed by atoms with van der Waals surface area (Å²) in [5.41, 5.74) is 1.47. The maximum absolute atomic E-state index is 15.2. The van der Waals surface area contributed by atoms with Crippen molar-refractivity contribution in [2.24, 2.45) is 0 Å². The molecule has 0 radical (unpaired) electrons. The van der Waals surface area contributed by atoms with Crippen molar-refractivity contribution in [1.82, 2.24) is 19.9 Å². The van der Waals surface area contributed by atoms with Crippen LogP contribution in [-0.4, -0.2) is 51.7 Å². The molecule has 2 aromatic heterocycles. The minimum atomic E-state index is -0.628. The number of nitrogens with one attached hydrogen (secondary N) is 1. The Hall–Kier alpha value is -3.49. The number of nitrogens with zero attached hydrogens (tertiary/aromatic N) is 3. The van der Waals surface area contributed by atoms with Gasteiger partial charge in [0, 0.05) is 24.6 Å². The number of carbonyl (C=O) groups excluding carboxylic acids is 1. The lowest BCUT2D eigenvalue weighted by molar-refractivity contribution is 0.0196. The maximum Gasteiger partial charge on any atom is 0.410 e. The number of aromatic nitrogens is 3. The van der Waals surface area contributed by atoms with Gasteiger partial charge in [0.05, 0.1) is 12.5 Å². The minimum Gasteiger partial charge on any atom is -0.496 e. The van der Waals surface area contributed by atoms with Crippen LogP contribution in [0, 0.1) is 19.7 Å². The number of hydrogen-bond donors (Lipinski definition) is 1. The average molecular weight is 483 g/mol. The summed E-state index contributed by atoms with van der Waals surface area (Å²) in [4.78, 5) is 38.9. The second kappa shape index (κ2) is 9.28. The number of amides is 1. The third-order valence-corrected chi connectivity index (χ3v) is 6.03. The Morgan fingerprint density at radius 3 is 2.63 bits per heavy atom. The van der Waals surface area contributed by atoms with E-state index >= 15 is 4.39 Å². The number of likely N-dealkylation sites (tertiary alicyclic amines) is 1. The van der Waals surface area contributed by atoms with Crippen molar-refractivity contribution in [3.05, 3.63) is 51.3 Å². The molecule has 1 aromatic carbocycles. The van der Waals surface area contributed by atoms with Crippen molar-refractivity contribution in [2.75, 3.05) is 20.2 Å². The highest BCUT2D eigenvalue weighted by molar-refractivity contribution is 5.81. The van der Waals surface area contributed by atoms with E-state index in [1.165, 1.54) is 13.2 Å². The van der Waals surface area contributed by atoms with Crippen LogP contribution in [0.25, 0.3) is 22.3 Å². The first-order chi connectivity index (χ1) is 16.5. The number of hydrogen-bond acceptors (Lipinski definition) is 6. The molecule has 8 nitrogen and oxygen atoms in total. The molecular weight excluding hydrogens is 451 g/mol. The highest BCUT2D eigenvalue weighted by atomic mass is 19.1. The van der Waals surface area contributed by atoms with Crippen LogP contribution < -0.4 is 10.3 Å². The first kappa shape index (κ1) is 24.6. The summed E-state index contributed by atoms with van der Waals surface area (Å²) in [5, 5.41) is 0.0681. The standard InChI is InChI=1S/C26H31FN4O4/c1-14-10-15(2)20(19(11-14)34-6)21-18(27)12-17-23(28-21)29-22(30-24(17)32)16-8-7-9-31(13-16)25(33)35-26(3,4)5/h10-12,16H,7-9,13H2,1-6H3,(H,28,29,30,32)/t16-/m1/s1. The summed E-state index contributed by atoms with van der Waals surface area (Å²) < 4.78 is 26.2. The second-order valence-corrected chi connectivity index (χ2v) is 10.1. The molecule has 3 heterocycles. The van der Waals surface area contributed by atoms with E-state index in [0.717, 1.165) is 24.0 Å². The number of aromatic amines is 1. The number of fused-ring (bicyclic) bond motifs is 1. The lowest BCUT2D eigenvalue weighted by Gasteiger charge is -2.33. The van der Waals surface area contributed by atoms with Gasteiger partial charge in [-0.15, -0.1) is 0 Å². The second-order valence-electron chi connectivity index (χ2n) is 10.1. The van der Waals surface area contributed by atoms with Gasteiger partial charge >= 0.3 is 6.09 Å². The molecule has 0 aliphatic carbocycles. The minimum absolute atomic E-state index is 0.0681. The first-order valence-electron chi connectivity index (χ1n) is 11.7. The number of carbonyl (C=O) groups is 1. The summed E-state index contributed by atoms with van der Waals surface area (Å²) in [6, 6.07) is 4.91. The van der Waals surface area contributed by atoms with Crippen LogP contribution in [0.15, 0.2) is 23.0 Å². The molecule has 0 bridgehead atoms. The highest BCUT2D eigenvalue weighted by Crippen LogP contribution is 2.35. The van der Waals surface area contributed by atoms with E-state index in [1.54, 1.807) is 4.90 Å². The summed E-state index contributed by atoms with van der Waals surface area (Å²) in [6.45, 7) is 10.2. The molecule has 0 saturated carbocycles. The van der Waals surface area contributed by atoms with Gasteiger partial charge in [0.2, 0.25) is 0 Å². The fourth-order valence-electron chi connectivity index (χ4n) is 4.51. The molecule has 0 spiro atoms. The van der Waals surface area contributed by atoms with E-state index < -0.39 is 23.1 Å². The van der Waals surface area contributed by atoms with Gasteiger partial charge in [0.1, 0.15) is 22.9 Å². The molecule has 1 fully saturated rings. The van der Waals surface area contributed by atoms with Gasteiger partial charge in [-0.05, 0) is 70.7 Å². The summed E-state index contributed by atoms with van der Waals surface area (Å²) in [7, 11) is 1.53. The fraction of sp³-hybridized carbons (Fsp3) is 0.462. The van der Waals surface area contributed by atoms with Crippen LogP contribution >= 0.6 is 0 Å². The van der Waals surface area contributed by atoms with Crippen molar-refractivity contribution in [3.63, 3.8) is 0 Å². The van der Waals surface area contributed by atoms with Gasteiger partial charge < -0.3 is 19.4 Å². The normalized spacial score (nSPS) is 16.4. The van der Waals surface area contributed by atoms with E-state index in [9.17, 15) is 9.59 Å². The Morgan fingerprint density at radius 2 is 1.94 bits per heavy atom. The predicted molar refractivity (Wildman–Crippen MR) is 131 cm³/mol. The number of benzene rings is 1. The lowest BCUT2D eigenvalue weighted by atomic mass is 9.97. The monoisotopic (exact) mass is 482 g/mol. The van der Waals surface area contributed by atoms with Crippen molar-refractivity contribution in [3.8, 4) is 17.0 Å². The number of methoxy groups -OCH3 is 1. The number of aryl methyl sites for hydroxylation is 2. The maximum atomic E-state index is 15.2.